The van der Waals surface area contributed by atoms with E-state index in [1.165, 1.54) is 44.2 Å². The Bertz CT molecular complexity index is 537. The van der Waals surface area contributed by atoms with Gasteiger partial charge in [0.1, 0.15) is 0 Å². The predicted octanol–water partition coefficient (Wildman–Crippen LogP) is 3.55. The summed E-state index contributed by atoms with van der Waals surface area (Å²) < 4.78 is 19.2. The zero-order chi connectivity index (χ0) is 17.2. The van der Waals surface area contributed by atoms with Crippen LogP contribution in [0.5, 0.6) is 5.75 Å². The van der Waals surface area contributed by atoms with Crippen LogP contribution in [-0.4, -0.2) is 37.4 Å². The molecule has 0 saturated heterocycles. The van der Waals surface area contributed by atoms with Crippen LogP contribution in [0.2, 0.25) is 0 Å². The first-order valence-electron chi connectivity index (χ1n) is 8.72. The predicted molar refractivity (Wildman–Crippen MR) is 109 cm³/mol. The Morgan fingerprint density at radius 1 is 1.28 bits per heavy atom. The van der Waals surface area contributed by atoms with E-state index in [9.17, 15) is 9.50 Å². The molecule has 0 spiro atoms. The Balaban J connectivity index is 0.00000312. The van der Waals surface area contributed by atoms with Gasteiger partial charge in [0, 0.05) is 26.7 Å². The van der Waals surface area contributed by atoms with E-state index in [0.717, 1.165) is 25.1 Å². The van der Waals surface area contributed by atoms with Gasteiger partial charge in [-0.2, -0.15) is 0 Å². The number of hydrogen-bond acceptors (Lipinski definition) is 3. The standard InChI is InChI=1S/C18H28FN3O2.HI/c1-20-18(22-13-14-8-9-17(23)16(19)12-14)21-10-5-11-24-15-6-3-2-4-7-15;/h8-9,12,15,23H,2-7,10-11,13H2,1H3,(H2,20,21,22);1H. The number of phenolic OH excluding ortho intramolecular Hbond substituents is 1. The molecule has 1 aliphatic rings. The molecular formula is C18H29FIN3O2. The molecule has 1 aliphatic carbocycles. The Morgan fingerprint density at radius 3 is 2.72 bits per heavy atom. The van der Waals surface area contributed by atoms with Crippen LogP contribution in [0.15, 0.2) is 23.2 Å². The summed E-state index contributed by atoms with van der Waals surface area (Å²) in [4.78, 5) is 4.14. The van der Waals surface area contributed by atoms with Crippen LogP contribution in [-0.2, 0) is 11.3 Å². The first kappa shape index (κ1) is 22.0. The van der Waals surface area contributed by atoms with Crippen molar-refractivity contribution < 1.29 is 14.2 Å². The molecule has 0 radical (unpaired) electrons. The van der Waals surface area contributed by atoms with Gasteiger partial charge in [0.25, 0.3) is 0 Å². The van der Waals surface area contributed by atoms with Crippen molar-refractivity contribution in [3.05, 3.63) is 29.6 Å². The van der Waals surface area contributed by atoms with Crippen LogP contribution >= 0.6 is 24.0 Å². The monoisotopic (exact) mass is 465 g/mol. The maximum atomic E-state index is 13.3. The van der Waals surface area contributed by atoms with Gasteiger partial charge in [-0.05, 0) is 37.0 Å². The number of phenols is 1. The smallest absolute Gasteiger partial charge is 0.191 e. The highest BCUT2D eigenvalue weighted by atomic mass is 127. The maximum absolute atomic E-state index is 13.3. The van der Waals surface area contributed by atoms with Crippen LogP contribution in [0.3, 0.4) is 0 Å². The Hall–Kier alpha value is -1.09. The normalized spacial score (nSPS) is 15.5. The summed E-state index contributed by atoms with van der Waals surface area (Å²) in [6, 6.07) is 4.34. The molecule has 0 bridgehead atoms. The minimum atomic E-state index is -0.614. The number of ether oxygens (including phenoxy) is 1. The van der Waals surface area contributed by atoms with Gasteiger partial charge >= 0.3 is 0 Å². The molecule has 25 heavy (non-hydrogen) atoms. The minimum absolute atomic E-state index is 0. The van der Waals surface area contributed by atoms with Gasteiger partial charge in [0.15, 0.2) is 17.5 Å². The van der Waals surface area contributed by atoms with Gasteiger partial charge in [-0.25, -0.2) is 4.39 Å². The number of aliphatic imine (C=N–C) groups is 1. The zero-order valence-electron chi connectivity index (χ0n) is 14.8. The average molecular weight is 465 g/mol. The molecule has 1 fully saturated rings. The summed E-state index contributed by atoms with van der Waals surface area (Å²) in [7, 11) is 1.70. The number of aromatic hydroxyl groups is 1. The van der Waals surface area contributed by atoms with Crippen molar-refractivity contribution in [3.8, 4) is 5.75 Å². The fourth-order valence-electron chi connectivity index (χ4n) is 2.83. The number of guanidine groups is 1. The summed E-state index contributed by atoms with van der Waals surface area (Å²) in [5.41, 5.74) is 0.744. The second-order valence-electron chi connectivity index (χ2n) is 6.12. The van der Waals surface area contributed by atoms with Crippen LogP contribution in [0.1, 0.15) is 44.1 Å². The Labute approximate surface area is 166 Å². The maximum Gasteiger partial charge on any atom is 0.191 e. The first-order valence-corrected chi connectivity index (χ1v) is 8.72. The molecular weight excluding hydrogens is 436 g/mol. The van der Waals surface area contributed by atoms with Crippen molar-refractivity contribution >= 4 is 29.9 Å². The van der Waals surface area contributed by atoms with Gasteiger partial charge in [-0.1, -0.05) is 25.3 Å². The molecule has 0 aromatic heterocycles. The van der Waals surface area contributed by atoms with E-state index >= 15 is 0 Å². The van der Waals surface area contributed by atoms with E-state index in [2.05, 4.69) is 15.6 Å². The third kappa shape index (κ3) is 8.22. The van der Waals surface area contributed by atoms with Gasteiger partial charge in [0.05, 0.1) is 6.10 Å². The fraction of sp³-hybridized carbons (Fsp3) is 0.611. The van der Waals surface area contributed by atoms with Crippen LogP contribution in [0.4, 0.5) is 4.39 Å². The lowest BCUT2D eigenvalue weighted by Gasteiger charge is -2.22. The molecule has 1 aromatic rings. The largest absolute Gasteiger partial charge is 0.505 e. The lowest BCUT2D eigenvalue weighted by atomic mass is 9.98. The summed E-state index contributed by atoms with van der Waals surface area (Å²) in [6.07, 6.45) is 7.67. The summed E-state index contributed by atoms with van der Waals surface area (Å²) in [5, 5.41) is 15.5. The highest BCUT2D eigenvalue weighted by molar-refractivity contribution is 14.0. The number of benzene rings is 1. The average Bonchev–Trinajstić information content (AvgIpc) is 2.61. The number of hydrogen-bond donors (Lipinski definition) is 3. The van der Waals surface area contributed by atoms with Gasteiger partial charge in [-0.3, -0.25) is 4.99 Å². The number of halogens is 2. The molecule has 0 aliphatic heterocycles. The molecule has 3 N–H and O–H groups in total. The number of nitrogens with zero attached hydrogens (tertiary/aromatic N) is 1. The van der Waals surface area contributed by atoms with Crippen molar-refractivity contribution in [2.45, 2.75) is 51.2 Å². The molecule has 142 valence electrons. The van der Waals surface area contributed by atoms with E-state index in [4.69, 9.17) is 4.74 Å². The van der Waals surface area contributed by atoms with E-state index in [0.29, 0.717) is 18.6 Å². The van der Waals surface area contributed by atoms with E-state index in [1.807, 2.05) is 0 Å². The van der Waals surface area contributed by atoms with Crippen molar-refractivity contribution in [2.24, 2.45) is 4.99 Å². The lowest BCUT2D eigenvalue weighted by molar-refractivity contribution is 0.0277. The van der Waals surface area contributed by atoms with Crippen molar-refractivity contribution in [1.29, 1.82) is 0 Å². The molecule has 0 amide bonds. The SMILES string of the molecule is CN=C(NCCCOC1CCCCC1)NCc1ccc(O)c(F)c1.I. The lowest BCUT2D eigenvalue weighted by Crippen LogP contribution is -2.37. The first-order chi connectivity index (χ1) is 11.7. The van der Waals surface area contributed by atoms with Gasteiger partial charge in [-0.15, -0.1) is 24.0 Å². The second-order valence-corrected chi connectivity index (χ2v) is 6.12. The van der Waals surface area contributed by atoms with Gasteiger partial charge in [0.2, 0.25) is 0 Å². The fourth-order valence-corrected chi connectivity index (χ4v) is 2.83. The number of nitrogens with one attached hydrogen (secondary N) is 2. The second kappa shape index (κ2) is 12.3. The topological polar surface area (TPSA) is 65.9 Å². The Kier molecular flexibility index (Phi) is 10.8. The summed E-state index contributed by atoms with van der Waals surface area (Å²) in [6.45, 7) is 1.98. The summed E-state index contributed by atoms with van der Waals surface area (Å²) in [5.74, 6) is -0.280. The minimum Gasteiger partial charge on any atom is -0.505 e. The van der Waals surface area contributed by atoms with Crippen LogP contribution in [0, 0.1) is 5.82 Å². The molecule has 0 unspecified atom stereocenters. The molecule has 1 aromatic carbocycles. The van der Waals surface area contributed by atoms with Crippen LogP contribution in [0.25, 0.3) is 0 Å². The van der Waals surface area contributed by atoms with Crippen LogP contribution < -0.4 is 10.6 Å². The van der Waals surface area contributed by atoms with Gasteiger partial charge < -0.3 is 20.5 Å². The van der Waals surface area contributed by atoms with Crippen molar-refractivity contribution in [2.75, 3.05) is 20.2 Å². The number of rotatable bonds is 7. The molecule has 0 heterocycles. The molecule has 2 rings (SSSR count). The molecule has 1 saturated carbocycles. The van der Waals surface area contributed by atoms with E-state index in [-0.39, 0.29) is 29.7 Å². The highest BCUT2D eigenvalue weighted by Crippen LogP contribution is 2.20. The summed E-state index contributed by atoms with van der Waals surface area (Å²) >= 11 is 0. The third-order valence-electron chi connectivity index (χ3n) is 4.21. The third-order valence-corrected chi connectivity index (χ3v) is 4.21. The van der Waals surface area contributed by atoms with E-state index in [1.54, 1.807) is 13.1 Å². The molecule has 0 atom stereocenters. The molecule has 7 heteroatoms. The highest BCUT2D eigenvalue weighted by Gasteiger charge is 2.13. The van der Waals surface area contributed by atoms with Crippen molar-refractivity contribution in [1.82, 2.24) is 10.6 Å². The zero-order valence-corrected chi connectivity index (χ0v) is 17.1. The molecule has 5 nitrogen and oxygen atoms in total. The van der Waals surface area contributed by atoms with E-state index < -0.39 is 5.82 Å². The van der Waals surface area contributed by atoms with Crippen molar-refractivity contribution in [3.63, 3.8) is 0 Å². The Morgan fingerprint density at radius 2 is 2.04 bits per heavy atom. The quantitative estimate of drug-likeness (QED) is 0.250.